The number of nitrogens with zero attached hydrogens (tertiary/aromatic N) is 2. The molecule has 0 unspecified atom stereocenters. The molecule has 0 fully saturated rings. The summed E-state index contributed by atoms with van der Waals surface area (Å²) in [4.78, 5) is 10.3. The maximum atomic E-state index is 5.39. The third-order valence-corrected chi connectivity index (χ3v) is 9.23. The number of hydrogen-bond donors (Lipinski definition) is 0. The normalized spacial score (nSPS) is 13.2. The van der Waals surface area contributed by atoms with Crippen LogP contribution in [0.3, 0.4) is 0 Å². The molecule has 0 N–H and O–H groups in total. The van der Waals surface area contributed by atoms with Gasteiger partial charge in [0.15, 0.2) is 0 Å². The van der Waals surface area contributed by atoms with Gasteiger partial charge in [0, 0.05) is 22.1 Å². The summed E-state index contributed by atoms with van der Waals surface area (Å²) in [6.45, 7) is 6.72. The summed E-state index contributed by atoms with van der Waals surface area (Å²) in [6, 6.07) is 59.5. The molecule has 7 aromatic rings. The van der Waals surface area contributed by atoms with E-state index in [1.807, 2.05) is 24.3 Å². The van der Waals surface area contributed by atoms with E-state index in [0.717, 1.165) is 67.0 Å². The molecule has 0 radical (unpaired) electrons. The van der Waals surface area contributed by atoms with Gasteiger partial charge in [-0.3, -0.25) is 0 Å². The maximum absolute atomic E-state index is 5.39. The first-order valence-corrected chi connectivity index (χ1v) is 16.6. The van der Waals surface area contributed by atoms with E-state index in [4.69, 9.17) is 9.98 Å². The Balaban J connectivity index is 1.21. The molecule has 0 amide bonds. The highest BCUT2D eigenvalue weighted by molar-refractivity contribution is 6.18. The summed E-state index contributed by atoms with van der Waals surface area (Å²) >= 11 is 0. The van der Waals surface area contributed by atoms with Crippen molar-refractivity contribution in [2.75, 3.05) is 0 Å². The lowest BCUT2D eigenvalue weighted by Gasteiger charge is -2.13. The first-order valence-electron chi connectivity index (χ1n) is 16.6. The van der Waals surface area contributed by atoms with E-state index in [-0.39, 0.29) is 0 Å². The van der Waals surface area contributed by atoms with Crippen LogP contribution in [0.15, 0.2) is 199 Å². The van der Waals surface area contributed by atoms with Gasteiger partial charge in [0.1, 0.15) is 0 Å². The number of fused-ring (bicyclic) bond motifs is 1. The molecule has 8 rings (SSSR count). The summed E-state index contributed by atoms with van der Waals surface area (Å²) in [5, 5.41) is 1.14. The van der Waals surface area contributed by atoms with Crippen LogP contribution in [0.5, 0.6) is 0 Å². The fourth-order valence-electron chi connectivity index (χ4n) is 6.53. The molecular formula is C47H34N2. The van der Waals surface area contributed by atoms with Crippen molar-refractivity contribution < 1.29 is 0 Å². The summed E-state index contributed by atoms with van der Waals surface area (Å²) < 4.78 is 0. The maximum Gasteiger partial charge on any atom is 0.0776 e. The predicted octanol–water partition coefficient (Wildman–Crippen LogP) is 12.1. The Morgan fingerprint density at radius 1 is 0.429 bits per heavy atom. The zero-order chi connectivity index (χ0) is 33.2. The van der Waals surface area contributed by atoms with Crippen molar-refractivity contribution in [2.45, 2.75) is 6.92 Å². The molecule has 0 spiro atoms. The number of pyridine rings is 1. The van der Waals surface area contributed by atoms with Gasteiger partial charge in [0.25, 0.3) is 0 Å². The largest absolute Gasteiger partial charge is 0.248 e. The van der Waals surface area contributed by atoms with Crippen molar-refractivity contribution in [3.05, 3.63) is 210 Å². The van der Waals surface area contributed by atoms with Crippen LogP contribution < -0.4 is 0 Å². The molecule has 0 saturated carbocycles. The third kappa shape index (κ3) is 6.08. The van der Waals surface area contributed by atoms with E-state index in [0.29, 0.717) is 0 Å². The van der Waals surface area contributed by atoms with Gasteiger partial charge in [-0.05, 0) is 69.7 Å². The second-order valence-corrected chi connectivity index (χ2v) is 12.4. The Morgan fingerprint density at radius 2 is 0.918 bits per heavy atom. The summed E-state index contributed by atoms with van der Waals surface area (Å²) in [5.41, 5.74) is 15.8. The Labute approximate surface area is 287 Å². The predicted molar refractivity (Wildman–Crippen MR) is 207 cm³/mol. The number of hydrogen-bond acceptors (Lipinski definition) is 2. The molecule has 0 atom stereocenters. The monoisotopic (exact) mass is 626 g/mol. The van der Waals surface area contributed by atoms with Gasteiger partial charge in [-0.1, -0.05) is 164 Å². The highest BCUT2D eigenvalue weighted by atomic mass is 14.8. The second-order valence-electron chi connectivity index (χ2n) is 12.4. The van der Waals surface area contributed by atoms with Crippen LogP contribution in [-0.2, 0) is 0 Å². The van der Waals surface area contributed by atoms with Crippen molar-refractivity contribution in [1.82, 2.24) is 4.98 Å². The average Bonchev–Trinajstić information content (AvgIpc) is 3.31. The lowest BCUT2D eigenvalue weighted by atomic mass is 9.92. The van der Waals surface area contributed by atoms with Crippen LogP contribution >= 0.6 is 0 Å². The van der Waals surface area contributed by atoms with Crippen molar-refractivity contribution in [3.8, 4) is 33.5 Å². The molecular weight excluding hydrogens is 593 g/mol. The van der Waals surface area contributed by atoms with E-state index in [9.17, 15) is 0 Å². The van der Waals surface area contributed by atoms with Crippen LogP contribution in [0.1, 0.15) is 23.6 Å². The molecule has 2 heteroatoms. The molecule has 0 aliphatic carbocycles. The zero-order valence-corrected chi connectivity index (χ0v) is 27.3. The summed E-state index contributed by atoms with van der Waals surface area (Å²) in [7, 11) is 0. The standard InChI is InChI=1S/C47H34N2/c1-32-31-43(38-21-17-36(18-22-38)34-11-5-3-6-12-34)33(2)47(49-46(32)41-25-19-37(20-26-41)35-13-7-4-8-14-35)42-27-23-40(24-28-42)45-30-29-39-15-9-10-16-44(39)48-45/h3-31H,1H2,2H3. The average molecular weight is 627 g/mol. The molecule has 49 heavy (non-hydrogen) atoms. The van der Waals surface area contributed by atoms with Gasteiger partial charge in [-0.25, -0.2) is 9.98 Å². The van der Waals surface area contributed by atoms with Crippen molar-refractivity contribution in [3.63, 3.8) is 0 Å². The number of aliphatic imine (C=N–C) groups is 1. The topological polar surface area (TPSA) is 25.2 Å². The summed E-state index contributed by atoms with van der Waals surface area (Å²) in [5.74, 6) is 0. The van der Waals surface area contributed by atoms with Crippen LogP contribution in [-0.4, -0.2) is 10.7 Å². The van der Waals surface area contributed by atoms with E-state index >= 15 is 0 Å². The minimum Gasteiger partial charge on any atom is -0.248 e. The Hall–Kier alpha value is -6.38. The first kappa shape index (κ1) is 30.0. The minimum absolute atomic E-state index is 0.866. The lowest BCUT2D eigenvalue weighted by Crippen LogP contribution is -2.03. The third-order valence-electron chi connectivity index (χ3n) is 9.23. The number of allylic oxidation sites excluding steroid dienone is 4. The van der Waals surface area contributed by atoms with E-state index in [1.54, 1.807) is 0 Å². The first-order chi connectivity index (χ1) is 24.1. The highest BCUT2D eigenvalue weighted by Crippen LogP contribution is 2.37. The van der Waals surface area contributed by atoms with Gasteiger partial charge in [-0.2, -0.15) is 0 Å². The van der Waals surface area contributed by atoms with Crippen molar-refractivity contribution in [1.29, 1.82) is 0 Å². The van der Waals surface area contributed by atoms with Crippen LogP contribution in [0.25, 0.3) is 55.7 Å². The van der Waals surface area contributed by atoms with Crippen molar-refractivity contribution in [2.24, 2.45) is 4.99 Å². The zero-order valence-electron chi connectivity index (χ0n) is 27.3. The SMILES string of the molecule is C=C1C=C(c2ccc(-c3ccccc3)cc2)C(C)=C(c2ccc(-c3ccc4ccccc4n3)cc2)N=C1c1ccc(-c2ccccc2)cc1. The number of aromatic nitrogens is 1. The van der Waals surface area contributed by atoms with Crippen LogP contribution in [0.4, 0.5) is 0 Å². The van der Waals surface area contributed by atoms with Gasteiger partial charge in [0.2, 0.25) is 0 Å². The lowest BCUT2D eigenvalue weighted by molar-refractivity contribution is 1.38. The highest BCUT2D eigenvalue weighted by Gasteiger charge is 2.20. The molecule has 0 saturated heterocycles. The number of rotatable bonds is 6. The van der Waals surface area contributed by atoms with Crippen LogP contribution in [0, 0.1) is 0 Å². The molecule has 1 aliphatic heterocycles. The molecule has 1 aliphatic rings. The molecule has 2 nitrogen and oxygen atoms in total. The molecule has 232 valence electrons. The van der Waals surface area contributed by atoms with Crippen molar-refractivity contribution >= 4 is 27.9 Å². The van der Waals surface area contributed by atoms with Gasteiger partial charge in [0.05, 0.1) is 22.6 Å². The van der Waals surface area contributed by atoms with Gasteiger partial charge >= 0.3 is 0 Å². The fraction of sp³-hybridized carbons (Fsp3) is 0.0213. The van der Waals surface area contributed by atoms with Gasteiger partial charge < -0.3 is 0 Å². The molecule has 2 heterocycles. The minimum atomic E-state index is 0.866. The van der Waals surface area contributed by atoms with E-state index in [2.05, 4.69) is 165 Å². The van der Waals surface area contributed by atoms with E-state index < -0.39 is 0 Å². The van der Waals surface area contributed by atoms with Crippen LogP contribution in [0.2, 0.25) is 0 Å². The number of para-hydroxylation sites is 1. The molecule has 0 bridgehead atoms. The fourth-order valence-corrected chi connectivity index (χ4v) is 6.53. The Kier molecular flexibility index (Phi) is 7.97. The quantitative estimate of drug-likeness (QED) is 0.180. The smallest absolute Gasteiger partial charge is 0.0776 e. The van der Waals surface area contributed by atoms with Gasteiger partial charge in [-0.15, -0.1) is 0 Å². The summed E-state index contributed by atoms with van der Waals surface area (Å²) in [6.07, 6.45) is 2.19. The second kappa shape index (κ2) is 13.0. The van der Waals surface area contributed by atoms with E-state index in [1.165, 1.54) is 22.3 Å². The Morgan fingerprint density at radius 3 is 1.55 bits per heavy atom. The Bertz CT molecular complexity index is 2390. The molecule has 1 aromatic heterocycles. The molecule has 6 aromatic carbocycles. The number of benzene rings is 6.